The van der Waals surface area contributed by atoms with Crippen LogP contribution in [0.2, 0.25) is 0 Å². The van der Waals surface area contributed by atoms with Crippen molar-refractivity contribution in [3.63, 3.8) is 0 Å². The molecule has 0 amide bonds. The van der Waals surface area contributed by atoms with Gasteiger partial charge in [0, 0.05) is 12.5 Å². The van der Waals surface area contributed by atoms with Crippen LogP contribution in [0.15, 0.2) is 0 Å². The fraction of sp³-hybridized carbons (Fsp3) is 1.00. The van der Waals surface area contributed by atoms with Gasteiger partial charge in [-0.05, 0) is 12.8 Å². The van der Waals surface area contributed by atoms with Gasteiger partial charge in [-0.2, -0.15) is 26.3 Å². The van der Waals surface area contributed by atoms with Crippen LogP contribution in [0.4, 0.5) is 26.3 Å². The highest BCUT2D eigenvalue weighted by Crippen LogP contribution is 2.25. The van der Waals surface area contributed by atoms with E-state index in [1.165, 1.54) is 0 Å². The summed E-state index contributed by atoms with van der Waals surface area (Å²) >= 11 is 0. The molecule has 1 atom stereocenters. The van der Waals surface area contributed by atoms with E-state index in [0.29, 0.717) is 0 Å². The van der Waals surface area contributed by atoms with Crippen molar-refractivity contribution in [3.05, 3.63) is 0 Å². The van der Waals surface area contributed by atoms with E-state index in [0.717, 1.165) is 0 Å². The van der Waals surface area contributed by atoms with Crippen molar-refractivity contribution in [2.24, 2.45) is 5.73 Å². The zero-order valence-corrected chi connectivity index (χ0v) is 7.25. The molecule has 0 saturated carbocycles. The van der Waals surface area contributed by atoms with E-state index in [-0.39, 0.29) is 12.8 Å². The van der Waals surface area contributed by atoms with E-state index >= 15 is 0 Å². The Labute approximate surface area is 77.3 Å². The number of rotatable bonds is 4. The molecule has 7 heteroatoms. The lowest BCUT2D eigenvalue weighted by atomic mass is 10.1. The van der Waals surface area contributed by atoms with E-state index in [1.807, 2.05) is 0 Å². The zero-order chi connectivity index (χ0) is 11.4. The van der Waals surface area contributed by atoms with Gasteiger partial charge >= 0.3 is 12.4 Å². The highest BCUT2D eigenvalue weighted by molar-refractivity contribution is 4.67. The molecule has 0 aliphatic rings. The molecule has 0 bridgehead atoms. The Balaban J connectivity index is 3.60. The molecule has 0 rings (SSSR count). The summed E-state index contributed by atoms with van der Waals surface area (Å²) in [4.78, 5) is 0. The number of alkyl halides is 6. The van der Waals surface area contributed by atoms with Crippen LogP contribution in [0.5, 0.6) is 0 Å². The number of hydrogen-bond acceptors (Lipinski definition) is 1. The Morgan fingerprint density at radius 1 is 0.929 bits per heavy atom. The molecule has 0 spiro atoms. The first-order valence-corrected chi connectivity index (χ1v) is 3.99. The van der Waals surface area contributed by atoms with Gasteiger partial charge in [0.25, 0.3) is 0 Å². The molecular weight excluding hydrogens is 212 g/mol. The van der Waals surface area contributed by atoms with Crippen molar-refractivity contribution in [2.45, 2.75) is 44.1 Å². The predicted molar refractivity (Wildman–Crippen MR) is 38.6 cm³/mol. The third-order valence-electron chi connectivity index (χ3n) is 1.53. The van der Waals surface area contributed by atoms with Crippen LogP contribution in [0.1, 0.15) is 25.7 Å². The molecule has 86 valence electrons. The van der Waals surface area contributed by atoms with Crippen molar-refractivity contribution in [3.8, 4) is 0 Å². The Bertz CT molecular complexity index is 161. The summed E-state index contributed by atoms with van der Waals surface area (Å²) in [5, 5.41) is 0. The lowest BCUT2D eigenvalue weighted by Crippen LogP contribution is -2.27. The van der Waals surface area contributed by atoms with Crippen LogP contribution in [0, 0.1) is 0 Å². The van der Waals surface area contributed by atoms with Crippen LogP contribution in [0.25, 0.3) is 0 Å². The van der Waals surface area contributed by atoms with Gasteiger partial charge in [-0.15, -0.1) is 0 Å². The maximum absolute atomic E-state index is 11.7. The molecule has 1 unspecified atom stereocenters. The van der Waals surface area contributed by atoms with Gasteiger partial charge in [0.1, 0.15) is 0 Å². The summed E-state index contributed by atoms with van der Waals surface area (Å²) < 4.78 is 69.7. The summed E-state index contributed by atoms with van der Waals surface area (Å²) in [6, 6.07) is -1.24. The minimum absolute atomic E-state index is 0.265. The molecule has 0 fully saturated rings. The molecule has 0 aromatic heterocycles. The van der Waals surface area contributed by atoms with E-state index < -0.39 is 31.2 Å². The Morgan fingerprint density at radius 2 is 1.43 bits per heavy atom. The van der Waals surface area contributed by atoms with Gasteiger partial charge < -0.3 is 5.73 Å². The van der Waals surface area contributed by atoms with E-state index in [1.54, 1.807) is 0 Å². The van der Waals surface area contributed by atoms with Crippen LogP contribution < -0.4 is 5.73 Å². The molecule has 14 heavy (non-hydrogen) atoms. The summed E-state index contributed by atoms with van der Waals surface area (Å²) in [6.45, 7) is 0. The first-order valence-electron chi connectivity index (χ1n) is 3.99. The summed E-state index contributed by atoms with van der Waals surface area (Å²) in [5.74, 6) is 0. The van der Waals surface area contributed by atoms with Crippen molar-refractivity contribution >= 4 is 0 Å². The van der Waals surface area contributed by atoms with E-state index in [2.05, 4.69) is 0 Å². The van der Waals surface area contributed by atoms with E-state index in [9.17, 15) is 26.3 Å². The first-order chi connectivity index (χ1) is 6.10. The Morgan fingerprint density at radius 3 is 1.79 bits per heavy atom. The van der Waals surface area contributed by atoms with Gasteiger partial charge in [0.05, 0.1) is 6.42 Å². The van der Waals surface area contributed by atoms with Crippen molar-refractivity contribution < 1.29 is 26.3 Å². The summed E-state index contributed by atoms with van der Waals surface area (Å²) in [7, 11) is 0. The normalized spacial score (nSPS) is 15.6. The van der Waals surface area contributed by atoms with Crippen LogP contribution in [0.3, 0.4) is 0 Å². The van der Waals surface area contributed by atoms with Gasteiger partial charge in [-0.3, -0.25) is 0 Å². The quantitative estimate of drug-likeness (QED) is 0.728. The van der Waals surface area contributed by atoms with Crippen LogP contribution >= 0.6 is 0 Å². The standard InChI is InChI=1S/C7H11F6N/c8-6(9,10)3-1-2-5(14)4-7(11,12)13/h5H,1-4,14H2. The lowest BCUT2D eigenvalue weighted by Gasteiger charge is -2.14. The second-order valence-corrected chi connectivity index (χ2v) is 3.09. The minimum Gasteiger partial charge on any atom is -0.327 e. The lowest BCUT2D eigenvalue weighted by molar-refractivity contribution is -0.141. The molecule has 0 radical (unpaired) electrons. The maximum atomic E-state index is 11.7. The van der Waals surface area contributed by atoms with Crippen LogP contribution in [-0.4, -0.2) is 18.4 Å². The largest absolute Gasteiger partial charge is 0.390 e. The molecule has 0 aliphatic carbocycles. The molecule has 0 aromatic rings. The van der Waals surface area contributed by atoms with Crippen molar-refractivity contribution in [2.75, 3.05) is 0 Å². The smallest absolute Gasteiger partial charge is 0.327 e. The van der Waals surface area contributed by atoms with Gasteiger partial charge in [0.2, 0.25) is 0 Å². The molecule has 0 heterocycles. The molecule has 0 saturated heterocycles. The maximum Gasteiger partial charge on any atom is 0.390 e. The highest BCUT2D eigenvalue weighted by Gasteiger charge is 2.31. The van der Waals surface area contributed by atoms with Crippen molar-refractivity contribution in [1.29, 1.82) is 0 Å². The molecular formula is C7H11F6N. The van der Waals surface area contributed by atoms with E-state index in [4.69, 9.17) is 5.73 Å². The Kier molecular flexibility index (Phi) is 4.70. The SMILES string of the molecule is NC(CCCC(F)(F)F)CC(F)(F)F. The topological polar surface area (TPSA) is 26.0 Å². The molecule has 2 N–H and O–H groups in total. The summed E-state index contributed by atoms with van der Waals surface area (Å²) in [6.07, 6.45) is -11.7. The second kappa shape index (κ2) is 4.86. The van der Waals surface area contributed by atoms with Gasteiger partial charge in [0.15, 0.2) is 0 Å². The minimum atomic E-state index is -4.41. The second-order valence-electron chi connectivity index (χ2n) is 3.09. The zero-order valence-electron chi connectivity index (χ0n) is 7.25. The molecule has 0 aliphatic heterocycles. The average Bonchev–Trinajstić information content (AvgIpc) is 1.78. The van der Waals surface area contributed by atoms with Gasteiger partial charge in [-0.1, -0.05) is 0 Å². The number of halogens is 6. The highest BCUT2D eigenvalue weighted by atomic mass is 19.4. The molecule has 0 aromatic carbocycles. The average molecular weight is 223 g/mol. The predicted octanol–water partition coefficient (Wildman–Crippen LogP) is 3.00. The first kappa shape index (κ1) is 13.5. The Hall–Kier alpha value is -0.460. The summed E-state index contributed by atoms with van der Waals surface area (Å²) in [5.41, 5.74) is 5.00. The van der Waals surface area contributed by atoms with Gasteiger partial charge in [-0.25, -0.2) is 0 Å². The van der Waals surface area contributed by atoms with Crippen LogP contribution in [-0.2, 0) is 0 Å². The number of hydrogen-bond donors (Lipinski definition) is 1. The van der Waals surface area contributed by atoms with Crippen molar-refractivity contribution in [1.82, 2.24) is 0 Å². The number of nitrogens with two attached hydrogens (primary N) is 1. The molecule has 1 nitrogen and oxygen atoms in total. The monoisotopic (exact) mass is 223 g/mol. The third kappa shape index (κ3) is 9.63. The third-order valence-corrected chi connectivity index (χ3v) is 1.53. The fourth-order valence-electron chi connectivity index (χ4n) is 0.964. The fourth-order valence-corrected chi connectivity index (χ4v) is 0.964.